The number of rotatable bonds is 8. The van der Waals surface area contributed by atoms with Gasteiger partial charge >= 0.3 is 0 Å². The Bertz CT molecular complexity index is 425. The van der Waals surface area contributed by atoms with Gasteiger partial charge in [0.25, 0.3) is 0 Å². The Labute approximate surface area is 120 Å². The molecule has 0 amide bonds. The van der Waals surface area contributed by atoms with Crippen molar-refractivity contribution in [2.24, 2.45) is 4.99 Å². The number of furan rings is 1. The highest BCUT2D eigenvalue weighted by molar-refractivity contribution is 5.80. The van der Waals surface area contributed by atoms with Crippen LogP contribution in [0, 0.1) is 6.92 Å². The molecule has 0 unspecified atom stereocenters. The third-order valence-corrected chi connectivity index (χ3v) is 3.25. The Balaban J connectivity index is 1.78. The number of guanidine groups is 1. The molecule has 0 atom stereocenters. The van der Waals surface area contributed by atoms with E-state index in [0.717, 1.165) is 43.5 Å². The van der Waals surface area contributed by atoms with Crippen molar-refractivity contribution in [1.29, 1.82) is 0 Å². The zero-order chi connectivity index (χ0) is 14.2. The minimum absolute atomic E-state index is 0.596. The first-order chi connectivity index (χ1) is 9.79. The van der Waals surface area contributed by atoms with E-state index in [1.165, 1.54) is 12.8 Å². The summed E-state index contributed by atoms with van der Waals surface area (Å²) < 4.78 is 10.6. The summed E-state index contributed by atoms with van der Waals surface area (Å²) in [5.74, 6) is 1.83. The molecule has 2 N–H and O–H groups in total. The smallest absolute Gasteiger partial charge is 0.191 e. The molecular weight excluding hydrogens is 254 g/mol. The third kappa shape index (κ3) is 5.25. The van der Waals surface area contributed by atoms with E-state index in [9.17, 15) is 0 Å². The summed E-state index contributed by atoms with van der Waals surface area (Å²) in [4.78, 5) is 4.62. The molecule has 1 aromatic heterocycles. The number of hydrogen-bond donors (Lipinski definition) is 2. The van der Waals surface area contributed by atoms with Gasteiger partial charge < -0.3 is 19.8 Å². The van der Waals surface area contributed by atoms with Crippen LogP contribution in [-0.2, 0) is 11.3 Å². The van der Waals surface area contributed by atoms with E-state index in [1.54, 1.807) is 6.26 Å². The Morgan fingerprint density at radius 2 is 2.35 bits per heavy atom. The van der Waals surface area contributed by atoms with Gasteiger partial charge in [-0.25, -0.2) is 4.99 Å². The molecule has 5 heteroatoms. The van der Waals surface area contributed by atoms with Crippen molar-refractivity contribution in [3.63, 3.8) is 0 Å². The topological polar surface area (TPSA) is 58.8 Å². The second kappa shape index (κ2) is 7.94. The highest BCUT2D eigenvalue weighted by atomic mass is 16.5. The average Bonchev–Trinajstić information content (AvgIpc) is 3.17. The quantitative estimate of drug-likeness (QED) is 0.435. The van der Waals surface area contributed by atoms with Crippen LogP contribution < -0.4 is 10.6 Å². The van der Waals surface area contributed by atoms with Crippen molar-refractivity contribution >= 4 is 5.96 Å². The van der Waals surface area contributed by atoms with E-state index in [1.807, 2.05) is 19.9 Å². The van der Waals surface area contributed by atoms with Gasteiger partial charge in [0.05, 0.1) is 12.8 Å². The molecule has 0 aliphatic heterocycles. The van der Waals surface area contributed by atoms with Crippen LogP contribution in [0.3, 0.4) is 0 Å². The van der Waals surface area contributed by atoms with E-state index >= 15 is 0 Å². The summed E-state index contributed by atoms with van der Waals surface area (Å²) in [7, 11) is 0. The highest BCUT2D eigenvalue weighted by Crippen LogP contribution is 2.18. The molecule has 0 spiro atoms. The predicted molar refractivity (Wildman–Crippen MR) is 79.9 cm³/mol. The first kappa shape index (κ1) is 14.9. The van der Waals surface area contributed by atoms with Gasteiger partial charge in [0.1, 0.15) is 5.76 Å². The van der Waals surface area contributed by atoms with E-state index < -0.39 is 0 Å². The van der Waals surface area contributed by atoms with Crippen LogP contribution in [0.25, 0.3) is 0 Å². The Kier molecular flexibility index (Phi) is 5.92. The van der Waals surface area contributed by atoms with E-state index in [0.29, 0.717) is 12.6 Å². The van der Waals surface area contributed by atoms with Gasteiger partial charge in [0, 0.05) is 31.4 Å². The molecule has 5 nitrogen and oxygen atoms in total. The number of aliphatic imine (C=N–C) groups is 1. The molecule has 1 aliphatic carbocycles. The lowest BCUT2D eigenvalue weighted by Gasteiger charge is -2.11. The van der Waals surface area contributed by atoms with E-state index in [4.69, 9.17) is 9.15 Å². The second-order valence-corrected chi connectivity index (χ2v) is 5.06. The SMILES string of the molecule is CCOCCCNC(=NCc1ccoc1C)NC1CC1. The molecule has 1 saturated carbocycles. The molecule has 2 rings (SSSR count). The van der Waals surface area contributed by atoms with Crippen molar-refractivity contribution < 1.29 is 9.15 Å². The highest BCUT2D eigenvalue weighted by Gasteiger charge is 2.22. The van der Waals surface area contributed by atoms with Gasteiger partial charge in [-0.2, -0.15) is 0 Å². The molecule has 1 fully saturated rings. The Morgan fingerprint density at radius 3 is 3.00 bits per heavy atom. The summed E-state index contributed by atoms with van der Waals surface area (Å²) in [5.41, 5.74) is 1.14. The molecule has 0 aromatic carbocycles. The molecule has 0 saturated heterocycles. The molecule has 1 heterocycles. The van der Waals surface area contributed by atoms with E-state index in [-0.39, 0.29) is 0 Å². The number of nitrogens with zero attached hydrogens (tertiary/aromatic N) is 1. The van der Waals surface area contributed by atoms with Crippen molar-refractivity contribution in [1.82, 2.24) is 10.6 Å². The van der Waals surface area contributed by atoms with Crippen LogP contribution in [0.1, 0.15) is 37.5 Å². The maximum absolute atomic E-state index is 5.33. The third-order valence-electron chi connectivity index (χ3n) is 3.25. The normalized spacial score (nSPS) is 15.4. The lowest BCUT2D eigenvalue weighted by atomic mass is 10.3. The first-order valence-corrected chi connectivity index (χ1v) is 7.45. The van der Waals surface area contributed by atoms with Gasteiger partial charge in [-0.1, -0.05) is 0 Å². The maximum atomic E-state index is 5.33. The molecule has 112 valence electrons. The number of nitrogens with one attached hydrogen (secondary N) is 2. The summed E-state index contributed by atoms with van der Waals surface area (Å²) in [6.45, 7) is 7.08. The minimum Gasteiger partial charge on any atom is -0.469 e. The second-order valence-electron chi connectivity index (χ2n) is 5.06. The Morgan fingerprint density at radius 1 is 1.50 bits per heavy atom. The van der Waals surface area contributed by atoms with E-state index in [2.05, 4.69) is 15.6 Å². The van der Waals surface area contributed by atoms with Crippen molar-refractivity contribution in [3.05, 3.63) is 23.7 Å². The van der Waals surface area contributed by atoms with Crippen LogP contribution in [0.4, 0.5) is 0 Å². The average molecular weight is 279 g/mol. The van der Waals surface area contributed by atoms with Gasteiger partial charge in [0.2, 0.25) is 0 Å². The predicted octanol–water partition coefficient (Wildman–Crippen LogP) is 2.21. The molecule has 1 aromatic rings. The number of ether oxygens (including phenoxy) is 1. The first-order valence-electron chi connectivity index (χ1n) is 7.45. The van der Waals surface area contributed by atoms with Crippen LogP contribution in [0.5, 0.6) is 0 Å². The van der Waals surface area contributed by atoms with Crippen LogP contribution in [0.15, 0.2) is 21.7 Å². The number of aryl methyl sites for hydroxylation is 1. The standard InChI is InChI=1S/C15H25N3O2/c1-3-19-9-4-8-16-15(18-14-5-6-14)17-11-13-7-10-20-12(13)2/h7,10,14H,3-6,8-9,11H2,1-2H3,(H2,16,17,18). The Hall–Kier alpha value is -1.49. The fourth-order valence-electron chi connectivity index (χ4n) is 1.84. The fourth-order valence-corrected chi connectivity index (χ4v) is 1.84. The monoisotopic (exact) mass is 279 g/mol. The van der Waals surface area contributed by atoms with Crippen molar-refractivity contribution in [2.75, 3.05) is 19.8 Å². The number of hydrogen-bond acceptors (Lipinski definition) is 3. The van der Waals surface area contributed by atoms with Crippen molar-refractivity contribution in [3.8, 4) is 0 Å². The largest absolute Gasteiger partial charge is 0.469 e. The minimum atomic E-state index is 0.596. The van der Waals surface area contributed by atoms with Gasteiger partial charge in [-0.05, 0) is 39.2 Å². The van der Waals surface area contributed by atoms with Gasteiger partial charge in [-0.15, -0.1) is 0 Å². The lowest BCUT2D eigenvalue weighted by Crippen LogP contribution is -2.39. The molecule has 0 radical (unpaired) electrons. The summed E-state index contributed by atoms with van der Waals surface area (Å²) in [5, 5.41) is 6.79. The summed E-state index contributed by atoms with van der Waals surface area (Å²) >= 11 is 0. The van der Waals surface area contributed by atoms with Crippen LogP contribution in [0.2, 0.25) is 0 Å². The fraction of sp³-hybridized carbons (Fsp3) is 0.667. The lowest BCUT2D eigenvalue weighted by molar-refractivity contribution is 0.145. The maximum Gasteiger partial charge on any atom is 0.191 e. The molecular formula is C15H25N3O2. The molecule has 0 bridgehead atoms. The molecule has 1 aliphatic rings. The van der Waals surface area contributed by atoms with Crippen molar-refractivity contribution in [2.45, 2.75) is 45.7 Å². The zero-order valence-corrected chi connectivity index (χ0v) is 12.4. The zero-order valence-electron chi connectivity index (χ0n) is 12.4. The molecule has 20 heavy (non-hydrogen) atoms. The van der Waals surface area contributed by atoms with Gasteiger partial charge in [0.15, 0.2) is 5.96 Å². The van der Waals surface area contributed by atoms with Crippen LogP contribution in [-0.4, -0.2) is 31.8 Å². The van der Waals surface area contributed by atoms with Crippen LogP contribution >= 0.6 is 0 Å². The summed E-state index contributed by atoms with van der Waals surface area (Å²) in [6.07, 6.45) is 5.18. The summed E-state index contributed by atoms with van der Waals surface area (Å²) in [6, 6.07) is 2.57. The van der Waals surface area contributed by atoms with Gasteiger partial charge in [-0.3, -0.25) is 0 Å².